The van der Waals surface area contributed by atoms with Crippen LogP contribution >= 0.6 is 0 Å². The van der Waals surface area contributed by atoms with Crippen LogP contribution in [-0.2, 0) is 11.2 Å². The van der Waals surface area contributed by atoms with Crippen LogP contribution in [0.25, 0.3) is 0 Å². The van der Waals surface area contributed by atoms with Crippen molar-refractivity contribution in [1.82, 2.24) is 4.90 Å². The summed E-state index contributed by atoms with van der Waals surface area (Å²) in [6, 6.07) is 8.35. The van der Waals surface area contributed by atoms with Crippen molar-refractivity contribution in [3.63, 3.8) is 0 Å². The minimum atomic E-state index is -0.109. The molecule has 108 valence electrons. The van der Waals surface area contributed by atoms with Crippen molar-refractivity contribution < 1.29 is 9.90 Å². The molecule has 0 spiro atoms. The van der Waals surface area contributed by atoms with E-state index in [2.05, 4.69) is 11.4 Å². The molecule has 0 aliphatic carbocycles. The van der Waals surface area contributed by atoms with E-state index in [1.54, 1.807) is 0 Å². The maximum absolute atomic E-state index is 12.7. The lowest BCUT2D eigenvalue weighted by Crippen LogP contribution is -2.44. The number of fused-ring (bicyclic) bond motifs is 1. The Labute approximate surface area is 119 Å². The third-order valence-electron chi connectivity index (χ3n) is 4.42. The van der Waals surface area contributed by atoms with E-state index in [9.17, 15) is 4.79 Å². The third-order valence-corrected chi connectivity index (χ3v) is 4.42. The fourth-order valence-electron chi connectivity index (χ4n) is 3.40. The van der Waals surface area contributed by atoms with Crippen molar-refractivity contribution in [1.29, 1.82) is 0 Å². The van der Waals surface area contributed by atoms with Crippen molar-refractivity contribution in [2.75, 3.05) is 18.5 Å². The number of hydrogen-bond donors (Lipinski definition) is 2. The average Bonchev–Trinajstić information content (AvgIpc) is 3.10. The summed E-state index contributed by atoms with van der Waals surface area (Å²) in [4.78, 5) is 14.7. The topological polar surface area (TPSA) is 52.6 Å². The Morgan fingerprint density at radius 3 is 3.05 bits per heavy atom. The predicted octanol–water partition coefficient (Wildman–Crippen LogP) is 1.79. The van der Waals surface area contributed by atoms with Gasteiger partial charge in [0.05, 0.1) is 0 Å². The Morgan fingerprint density at radius 2 is 2.25 bits per heavy atom. The number of nitrogens with zero attached hydrogens (tertiary/aromatic N) is 1. The van der Waals surface area contributed by atoms with Gasteiger partial charge in [0, 0.05) is 31.3 Å². The van der Waals surface area contributed by atoms with E-state index in [0.29, 0.717) is 6.04 Å². The molecule has 2 heterocycles. The highest BCUT2D eigenvalue weighted by Gasteiger charge is 2.35. The number of carbonyl (C=O) groups excluding carboxylic acids is 1. The van der Waals surface area contributed by atoms with Crippen LogP contribution in [-0.4, -0.2) is 41.1 Å². The average molecular weight is 274 g/mol. The van der Waals surface area contributed by atoms with E-state index in [1.807, 2.05) is 23.1 Å². The number of aliphatic hydroxyl groups excluding tert-OH is 1. The van der Waals surface area contributed by atoms with E-state index >= 15 is 0 Å². The zero-order valence-electron chi connectivity index (χ0n) is 11.7. The summed E-state index contributed by atoms with van der Waals surface area (Å²) in [5, 5.41) is 12.3. The summed E-state index contributed by atoms with van der Waals surface area (Å²) in [5.74, 6) is 0.224. The molecule has 4 nitrogen and oxygen atoms in total. The molecule has 3 rings (SSSR count). The summed E-state index contributed by atoms with van der Waals surface area (Å²) in [7, 11) is 0. The normalized spacial score (nSPS) is 24.6. The lowest BCUT2D eigenvalue weighted by molar-refractivity contribution is -0.132. The zero-order valence-corrected chi connectivity index (χ0v) is 11.7. The van der Waals surface area contributed by atoms with Gasteiger partial charge >= 0.3 is 0 Å². The van der Waals surface area contributed by atoms with Crippen molar-refractivity contribution in [2.45, 2.75) is 44.2 Å². The van der Waals surface area contributed by atoms with Gasteiger partial charge in [0.25, 0.3) is 0 Å². The number of likely N-dealkylation sites (tertiary alicyclic amines) is 1. The van der Waals surface area contributed by atoms with E-state index < -0.39 is 0 Å². The number of nitrogens with one attached hydrogen (secondary N) is 1. The molecule has 20 heavy (non-hydrogen) atoms. The molecule has 2 atom stereocenters. The predicted molar refractivity (Wildman–Crippen MR) is 78.6 cm³/mol. The SMILES string of the molecule is O=C([C@@H]1Cc2ccccc2N1)N1CCCC1CCCO. The van der Waals surface area contributed by atoms with Crippen LogP contribution in [0.3, 0.4) is 0 Å². The van der Waals surface area contributed by atoms with Crippen molar-refractivity contribution in [2.24, 2.45) is 0 Å². The number of amides is 1. The van der Waals surface area contributed by atoms with Gasteiger partial charge in [-0.3, -0.25) is 4.79 Å². The van der Waals surface area contributed by atoms with Gasteiger partial charge in [-0.25, -0.2) is 0 Å². The van der Waals surface area contributed by atoms with E-state index in [4.69, 9.17) is 5.11 Å². The summed E-state index contributed by atoms with van der Waals surface area (Å²) in [6.07, 6.45) is 4.65. The van der Waals surface area contributed by atoms with Gasteiger partial charge in [-0.15, -0.1) is 0 Å². The molecule has 0 radical (unpaired) electrons. The summed E-state index contributed by atoms with van der Waals surface area (Å²) in [5.41, 5.74) is 2.33. The first-order valence-corrected chi connectivity index (χ1v) is 7.55. The van der Waals surface area contributed by atoms with Gasteiger partial charge in [-0.1, -0.05) is 18.2 Å². The fourth-order valence-corrected chi connectivity index (χ4v) is 3.40. The Morgan fingerprint density at radius 1 is 1.40 bits per heavy atom. The second-order valence-corrected chi connectivity index (χ2v) is 5.75. The second-order valence-electron chi connectivity index (χ2n) is 5.75. The Kier molecular flexibility index (Phi) is 3.92. The van der Waals surface area contributed by atoms with Gasteiger partial charge < -0.3 is 15.3 Å². The molecule has 1 amide bonds. The highest BCUT2D eigenvalue weighted by molar-refractivity contribution is 5.87. The second kappa shape index (κ2) is 5.83. The number of anilines is 1. The van der Waals surface area contributed by atoms with E-state index in [0.717, 1.165) is 44.3 Å². The number of carbonyl (C=O) groups is 1. The molecule has 2 N–H and O–H groups in total. The van der Waals surface area contributed by atoms with E-state index in [-0.39, 0.29) is 18.6 Å². The van der Waals surface area contributed by atoms with Crippen LogP contribution in [0.1, 0.15) is 31.2 Å². The number of para-hydroxylation sites is 1. The van der Waals surface area contributed by atoms with Gasteiger partial charge in [0.1, 0.15) is 6.04 Å². The lowest BCUT2D eigenvalue weighted by Gasteiger charge is -2.27. The van der Waals surface area contributed by atoms with Crippen LogP contribution in [0.4, 0.5) is 5.69 Å². The van der Waals surface area contributed by atoms with E-state index in [1.165, 1.54) is 5.56 Å². The third kappa shape index (κ3) is 2.52. The van der Waals surface area contributed by atoms with Gasteiger partial charge in [-0.05, 0) is 37.3 Å². The van der Waals surface area contributed by atoms with Crippen molar-refractivity contribution in [3.05, 3.63) is 29.8 Å². The molecule has 0 saturated carbocycles. The van der Waals surface area contributed by atoms with Crippen LogP contribution < -0.4 is 5.32 Å². The maximum atomic E-state index is 12.7. The van der Waals surface area contributed by atoms with Crippen molar-refractivity contribution in [3.8, 4) is 0 Å². The molecule has 1 aromatic carbocycles. The first kappa shape index (κ1) is 13.4. The fraction of sp³-hybridized carbons (Fsp3) is 0.562. The smallest absolute Gasteiger partial charge is 0.245 e. The van der Waals surface area contributed by atoms with Crippen molar-refractivity contribution >= 4 is 11.6 Å². The molecule has 1 saturated heterocycles. The molecule has 2 aliphatic heterocycles. The first-order chi connectivity index (χ1) is 9.79. The van der Waals surface area contributed by atoms with Gasteiger partial charge in [0.15, 0.2) is 0 Å². The molecule has 1 unspecified atom stereocenters. The molecule has 0 aromatic heterocycles. The highest BCUT2D eigenvalue weighted by Crippen LogP contribution is 2.29. The molecular weight excluding hydrogens is 252 g/mol. The van der Waals surface area contributed by atoms with Gasteiger partial charge in [-0.2, -0.15) is 0 Å². The number of benzene rings is 1. The van der Waals surface area contributed by atoms with Crippen LogP contribution in [0, 0.1) is 0 Å². The Hall–Kier alpha value is -1.55. The minimum Gasteiger partial charge on any atom is -0.396 e. The number of rotatable bonds is 4. The monoisotopic (exact) mass is 274 g/mol. The molecule has 4 heteroatoms. The highest BCUT2D eigenvalue weighted by atomic mass is 16.3. The quantitative estimate of drug-likeness (QED) is 0.880. The maximum Gasteiger partial charge on any atom is 0.245 e. The minimum absolute atomic E-state index is 0.109. The molecule has 1 fully saturated rings. The summed E-state index contributed by atoms with van der Waals surface area (Å²) >= 11 is 0. The summed E-state index contributed by atoms with van der Waals surface area (Å²) in [6.45, 7) is 1.08. The molecule has 0 bridgehead atoms. The van der Waals surface area contributed by atoms with Crippen LogP contribution in [0.2, 0.25) is 0 Å². The number of hydrogen-bond acceptors (Lipinski definition) is 3. The lowest BCUT2D eigenvalue weighted by atomic mass is 10.1. The van der Waals surface area contributed by atoms with Crippen LogP contribution in [0.5, 0.6) is 0 Å². The van der Waals surface area contributed by atoms with Crippen LogP contribution in [0.15, 0.2) is 24.3 Å². The number of aliphatic hydroxyl groups is 1. The Balaban J connectivity index is 1.65. The molecule has 2 aliphatic rings. The molecule has 1 aromatic rings. The standard InChI is InChI=1S/C16H22N2O2/c19-10-4-7-13-6-3-9-18(13)16(20)15-11-12-5-1-2-8-14(12)17-15/h1-2,5,8,13,15,17,19H,3-4,6-7,9-11H2/t13?,15-/m0/s1. The van der Waals surface area contributed by atoms with Gasteiger partial charge in [0.2, 0.25) is 5.91 Å². The Bertz CT molecular complexity index is 464. The zero-order chi connectivity index (χ0) is 13.9. The molecular formula is C16H22N2O2. The summed E-state index contributed by atoms with van der Waals surface area (Å²) < 4.78 is 0. The first-order valence-electron chi connectivity index (χ1n) is 7.55. The largest absolute Gasteiger partial charge is 0.396 e.